The fourth-order valence-electron chi connectivity index (χ4n) is 1.74. The number of carbonyl (C=O) groups excluding carboxylic acids is 1. The van der Waals surface area contributed by atoms with Crippen LogP contribution in [0.1, 0.15) is 24.8 Å². The van der Waals surface area contributed by atoms with E-state index in [2.05, 4.69) is 21.2 Å². The Balaban J connectivity index is 1.73. The van der Waals surface area contributed by atoms with Gasteiger partial charge in [-0.05, 0) is 43.4 Å². The zero-order valence-electron chi connectivity index (χ0n) is 10.0. The van der Waals surface area contributed by atoms with Crippen molar-refractivity contribution >= 4 is 21.8 Å². The largest absolute Gasteiger partial charge is 0.354 e. The van der Waals surface area contributed by atoms with Gasteiger partial charge in [0.15, 0.2) is 0 Å². The second-order valence-corrected chi connectivity index (χ2v) is 5.67. The number of hydrogen-bond donors (Lipinski definition) is 2. The number of benzene rings is 1. The van der Waals surface area contributed by atoms with E-state index >= 15 is 0 Å². The summed E-state index contributed by atoms with van der Waals surface area (Å²) in [5.41, 5.74) is 5.79. The molecule has 1 saturated carbocycles. The van der Waals surface area contributed by atoms with Crippen molar-refractivity contribution in [2.45, 2.75) is 31.2 Å². The van der Waals surface area contributed by atoms with Gasteiger partial charge >= 0.3 is 0 Å². The summed E-state index contributed by atoms with van der Waals surface area (Å²) >= 11 is 3.22. The molecule has 0 heterocycles. The van der Waals surface area contributed by atoms with E-state index in [0.29, 0.717) is 24.9 Å². The Morgan fingerprint density at radius 2 is 2.22 bits per heavy atom. The minimum Gasteiger partial charge on any atom is -0.354 e. The molecule has 0 radical (unpaired) electrons. The molecule has 5 heteroatoms. The van der Waals surface area contributed by atoms with Gasteiger partial charge < -0.3 is 11.1 Å². The van der Waals surface area contributed by atoms with Gasteiger partial charge in [-0.25, -0.2) is 4.39 Å². The molecule has 0 saturated heterocycles. The number of nitrogens with two attached hydrogens (primary N) is 1. The molecule has 1 aliphatic rings. The van der Waals surface area contributed by atoms with Gasteiger partial charge in [0.2, 0.25) is 5.91 Å². The number of rotatable bonds is 5. The lowest BCUT2D eigenvalue weighted by Gasteiger charge is -2.10. The highest BCUT2D eigenvalue weighted by molar-refractivity contribution is 9.10. The molecule has 1 fully saturated rings. The third-order valence-electron chi connectivity index (χ3n) is 3.16. The smallest absolute Gasteiger partial charge is 0.240 e. The molecular weight excluding hydrogens is 299 g/mol. The minimum absolute atomic E-state index is 0.0845. The molecule has 1 amide bonds. The summed E-state index contributed by atoms with van der Waals surface area (Å²) in [7, 11) is 0. The molecule has 0 spiro atoms. The van der Waals surface area contributed by atoms with Crippen LogP contribution in [0.2, 0.25) is 0 Å². The second kappa shape index (κ2) is 5.36. The highest BCUT2D eigenvalue weighted by Crippen LogP contribution is 2.32. The van der Waals surface area contributed by atoms with Crippen LogP contribution in [0.15, 0.2) is 22.7 Å². The first-order valence-corrected chi connectivity index (χ1v) is 6.82. The van der Waals surface area contributed by atoms with Gasteiger partial charge in [-0.1, -0.05) is 22.0 Å². The maximum absolute atomic E-state index is 13.5. The van der Waals surface area contributed by atoms with Gasteiger partial charge in [-0.2, -0.15) is 0 Å². The van der Waals surface area contributed by atoms with Crippen molar-refractivity contribution in [1.82, 2.24) is 5.32 Å². The van der Waals surface area contributed by atoms with E-state index in [9.17, 15) is 9.18 Å². The number of amides is 1. The van der Waals surface area contributed by atoms with Crippen LogP contribution in [-0.4, -0.2) is 18.0 Å². The molecule has 3 N–H and O–H groups in total. The average Bonchev–Trinajstić information content (AvgIpc) is 3.06. The Hall–Kier alpha value is -0.940. The SMILES string of the molecule is NC1(C(=O)NCCCc2ccc(Br)cc2F)CC1. The zero-order valence-corrected chi connectivity index (χ0v) is 11.6. The lowest BCUT2D eigenvalue weighted by molar-refractivity contribution is -0.123. The summed E-state index contributed by atoms with van der Waals surface area (Å²) in [5.74, 6) is -0.299. The maximum atomic E-state index is 13.5. The predicted octanol–water partition coefficient (Wildman–Crippen LogP) is 2.13. The van der Waals surface area contributed by atoms with Crippen LogP contribution in [0.5, 0.6) is 0 Å². The number of nitrogens with one attached hydrogen (secondary N) is 1. The molecule has 0 aliphatic heterocycles. The minimum atomic E-state index is -0.622. The molecule has 0 unspecified atom stereocenters. The topological polar surface area (TPSA) is 55.1 Å². The van der Waals surface area contributed by atoms with Gasteiger partial charge in [0.25, 0.3) is 0 Å². The van der Waals surface area contributed by atoms with Crippen LogP contribution < -0.4 is 11.1 Å². The van der Waals surface area contributed by atoms with E-state index in [1.54, 1.807) is 6.07 Å². The summed E-state index contributed by atoms with van der Waals surface area (Å²) < 4.78 is 14.2. The molecular formula is C13H16BrFN2O. The van der Waals surface area contributed by atoms with Gasteiger partial charge in [0, 0.05) is 11.0 Å². The maximum Gasteiger partial charge on any atom is 0.240 e. The predicted molar refractivity (Wildman–Crippen MR) is 71.6 cm³/mol. The van der Waals surface area contributed by atoms with Crippen LogP contribution in [0.4, 0.5) is 4.39 Å². The Morgan fingerprint density at radius 3 is 2.83 bits per heavy atom. The third-order valence-corrected chi connectivity index (χ3v) is 3.66. The standard InChI is InChI=1S/C13H16BrFN2O/c14-10-4-3-9(11(15)8-10)2-1-7-17-12(18)13(16)5-6-13/h3-4,8H,1-2,5-7,16H2,(H,17,18). The molecule has 0 bridgehead atoms. The molecule has 2 rings (SSSR count). The van der Waals surface area contributed by atoms with Gasteiger partial charge in [0.1, 0.15) is 5.82 Å². The van der Waals surface area contributed by atoms with Crippen molar-refractivity contribution in [3.05, 3.63) is 34.1 Å². The van der Waals surface area contributed by atoms with E-state index in [4.69, 9.17) is 5.73 Å². The molecule has 1 aromatic rings. The average molecular weight is 315 g/mol. The first-order chi connectivity index (χ1) is 8.51. The van der Waals surface area contributed by atoms with Gasteiger partial charge in [-0.15, -0.1) is 0 Å². The lowest BCUT2D eigenvalue weighted by atomic mass is 10.1. The van der Waals surface area contributed by atoms with E-state index in [-0.39, 0.29) is 11.7 Å². The molecule has 98 valence electrons. The van der Waals surface area contributed by atoms with Gasteiger partial charge in [-0.3, -0.25) is 4.79 Å². The number of hydrogen-bond acceptors (Lipinski definition) is 2. The van der Waals surface area contributed by atoms with E-state index in [1.165, 1.54) is 6.07 Å². The lowest BCUT2D eigenvalue weighted by Crippen LogP contribution is -2.43. The summed E-state index contributed by atoms with van der Waals surface area (Å²) in [6.07, 6.45) is 2.84. The highest BCUT2D eigenvalue weighted by Gasteiger charge is 2.45. The first-order valence-electron chi connectivity index (χ1n) is 6.02. The van der Waals surface area contributed by atoms with Crippen molar-refractivity contribution < 1.29 is 9.18 Å². The normalized spacial score (nSPS) is 16.4. The van der Waals surface area contributed by atoms with Gasteiger partial charge in [0.05, 0.1) is 5.54 Å². The number of carbonyl (C=O) groups is 1. The molecule has 1 aromatic carbocycles. The van der Waals surface area contributed by atoms with E-state index < -0.39 is 5.54 Å². The summed E-state index contributed by atoms with van der Waals surface area (Å²) in [6.45, 7) is 0.535. The van der Waals surface area contributed by atoms with Crippen molar-refractivity contribution in [3.8, 4) is 0 Å². The van der Waals surface area contributed by atoms with Crippen LogP contribution >= 0.6 is 15.9 Å². The van der Waals surface area contributed by atoms with Crippen LogP contribution in [0.25, 0.3) is 0 Å². The third kappa shape index (κ3) is 3.29. The fourth-order valence-corrected chi connectivity index (χ4v) is 2.08. The Labute approximate surface area is 114 Å². The molecule has 0 atom stereocenters. The molecule has 1 aliphatic carbocycles. The number of aryl methyl sites for hydroxylation is 1. The summed E-state index contributed by atoms with van der Waals surface area (Å²) in [5, 5.41) is 2.79. The molecule has 3 nitrogen and oxygen atoms in total. The summed E-state index contributed by atoms with van der Waals surface area (Å²) in [6, 6.07) is 5.02. The Kier molecular flexibility index (Phi) is 4.02. The Morgan fingerprint density at radius 1 is 1.50 bits per heavy atom. The molecule has 0 aromatic heterocycles. The van der Waals surface area contributed by atoms with Crippen LogP contribution in [0.3, 0.4) is 0 Å². The first kappa shape index (κ1) is 13.5. The van der Waals surface area contributed by atoms with Crippen molar-refractivity contribution in [1.29, 1.82) is 0 Å². The van der Waals surface area contributed by atoms with Crippen molar-refractivity contribution in [3.63, 3.8) is 0 Å². The second-order valence-electron chi connectivity index (χ2n) is 4.75. The van der Waals surface area contributed by atoms with E-state index in [1.807, 2.05) is 6.07 Å². The van der Waals surface area contributed by atoms with Crippen molar-refractivity contribution in [2.24, 2.45) is 5.73 Å². The quantitative estimate of drug-likeness (QED) is 0.818. The fraction of sp³-hybridized carbons (Fsp3) is 0.462. The van der Waals surface area contributed by atoms with Crippen molar-refractivity contribution in [2.75, 3.05) is 6.54 Å². The summed E-state index contributed by atoms with van der Waals surface area (Å²) in [4.78, 5) is 11.5. The highest BCUT2D eigenvalue weighted by atomic mass is 79.9. The number of halogens is 2. The van der Waals surface area contributed by atoms with Crippen LogP contribution in [0, 0.1) is 5.82 Å². The monoisotopic (exact) mass is 314 g/mol. The van der Waals surface area contributed by atoms with E-state index in [0.717, 1.165) is 17.3 Å². The molecule has 18 heavy (non-hydrogen) atoms. The zero-order chi connectivity index (χ0) is 13.2. The Bertz CT molecular complexity index is 460. The van der Waals surface area contributed by atoms with Crippen LogP contribution in [-0.2, 0) is 11.2 Å².